The average Bonchev–Trinajstić information content (AvgIpc) is 2.91. The van der Waals surface area contributed by atoms with Crippen LogP contribution in [0.2, 0.25) is 0 Å². The second kappa shape index (κ2) is 4.21. The second-order valence-corrected chi connectivity index (χ2v) is 7.06. The Hall–Kier alpha value is -1.18. The molecular formula is C15H18BrN3O3. The van der Waals surface area contributed by atoms with Crippen molar-refractivity contribution in [3.05, 3.63) is 22.5 Å². The van der Waals surface area contributed by atoms with E-state index >= 15 is 0 Å². The molecule has 7 heteroatoms. The van der Waals surface area contributed by atoms with Crippen LogP contribution in [0.5, 0.6) is 0 Å². The highest BCUT2D eigenvalue weighted by molar-refractivity contribution is 9.09. The van der Waals surface area contributed by atoms with Gasteiger partial charge in [0, 0.05) is 42.1 Å². The predicted molar refractivity (Wildman–Crippen MR) is 83.0 cm³/mol. The SMILES string of the molecule is CO[C@@]12[C@H](CBr)C3=C(C(=O)C(C)=C(N)C3=O)N1C[C@H]1[C@@H]2N1C. The Morgan fingerprint density at radius 3 is 2.68 bits per heavy atom. The molecule has 6 nitrogen and oxygen atoms in total. The van der Waals surface area contributed by atoms with Gasteiger partial charge in [-0.1, -0.05) is 15.9 Å². The van der Waals surface area contributed by atoms with E-state index < -0.39 is 5.72 Å². The van der Waals surface area contributed by atoms with E-state index in [1.54, 1.807) is 14.0 Å². The number of halogens is 1. The summed E-state index contributed by atoms with van der Waals surface area (Å²) in [4.78, 5) is 29.7. The number of rotatable bonds is 2. The number of hydrogen-bond acceptors (Lipinski definition) is 6. The van der Waals surface area contributed by atoms with Crippen LogP contribution in [0.3, 0.4) is 0 Å². The second-order valence-electron chi connectivity index (χ2n) is 6.41. The number of piperazine rings is 1. The summed E-state index contributed by atoms with van der Waals surface area (Å²) in [6.45, 7) is 2.34. The maximum absolute atomic E-state index is 12.8. The molecule has 4 aliphatic rings. The third-order valence-corrected chi connectivity index (χ3v) is 6.40. The number of ether oxygens (including phenoxy) is 1. The van der Waals surface area contributed by atoms with Gasteiger partial charge in [0.25, 0.3) is 0 Å². The minimum Gasteiger partial charge on any atom is -0.395 e. The topological polar surface area (TPSA) is 75.6 Å². The smallest absolute Gasteiger partial charge is 0.207 e. The molecule has 3 heterocycles. The van der Waals surface area contributed by atoms with Crippen LogP contribution in [0.4, 0.5) is 0 Å². The van der Waals surface area contributed by atoms with E-state index in [-0.39, 0.29) is 29.2 Å². The van der Waals surface area contributed by atoms with E-state index in [2.05, 4.69) is 27.9 Å². The van der Waals surface area contributed by atoms with Crippen molar-refractivity contribution >= 4 is 27.5 Å². The van der Waals surface area contributed by atoms with Gasteiger partial charge >= 0.3 is 0 Å². The van der Waals surface area contributed by atoms with Crippen LogP contribution in [0.1, 0.15) is 6.92 Å². The molecule has 2 fully saturated rings. The van der Waals surface area contributed by atoms with Crippen molar-refractivity contribution in [1.29, 1.82) is 0 Å². The minimum absolute atomic E-state index is 0.0721. The van der Waals surface area contributed by atoms with Crippen LogP contribution in [0.15, 0.2) is 22.5 Å². The highest BCUT2D eigenvalue weighted by Gasteiger charge is 2.74. The van der Waals surface area contributed by atoms with Crippen molar-refractivity contribution in [2.45, 2.75) is 24.7 Å². The molecule has 1 aliphatic carbocycles. The molecule has 0 saturated carbocycles. The minimum atomic E-state index is -0.649. The lowest BCUT2D eigenvalue weighted by Gasteiger charge is -2.40. The molecular weight excluding hydrogens is 350 g/mol. The van der Waals surface area contributed by atoms with Crippen LogP contribution in [0, 0.1) is 5.92 Å². The first-order chi connectivity index (χ1) is 10.4. The van der Waals surface area contributed by atoms with Gasteiger partial charge in [-0.15, -0.1) is 0 Å². The Morgan fingerprint density at radius 2 is 2.09 bits per heavy atom. The summed E-state index contributed by atoms with van der Waals surface area (Å²) < 4.78 is 5.96. The number of alkyl halides is 1. The number of hydrogen-bond donors (Lipinski definition) is 1. The quantitative estimate of drug-likeness (QED) is 0.420. The van der Waals surface area contributed by atoms with E-state index in [1.807, 2.05) is 4.90 Å². The summed E-state index contributed by atoms with van der Waals surface area (Å²) in [5.74, 6) is -0.557. The summed E-state index contributed by atoms with van der Waals surface area (Å²) in [6, 6.07) is 0.579. The Kier molecular flexibility index (Phi) is 2.76. The zero-order chi connectivity index (χ0) is 16.0. The highest BCUT2D eigenvalue weighted by atomic mass is 79.9. The van der Waals surface area contributed by atoms with E-state index in [1.165, 1.54) is 0 Å². The average molecular weight is 368 g/mol. The number of ketones is 2. The molecule has 0 aromatic rings. The van der Waals surface area contributed by atoms with Gasteiger partial charge in [-0.3, -0.25) is 14.5 Å². The van der Waals surface area contributed by atoms with Gasteiger partial charge in [0.05, 0.1) is 17.4 Å². The van der Waals surface area contributed by atoms with Gasteiger partial charge in [-0.05, 0) is 14.0 Å². The molecule has 2 N–H and O–H groups in total. The van der Waals surface area contributed by atoms with Gasteiger partial charge in [-0.25, -0.2) is 0 Å². The number of nitrogens with zero attached hydrogens (tertiary/aromatic N) is 2. The standard InChI is InChI=1S/C15H18BrN3O3/c1-6-10(17)13(21)9-7(4-16)15(22-3)14-8(18(14)2)5-19(15)11(9)12(6)20/h7-8,14H,4-5,17H2,1-3H3/t7-,8+,14+,15-,18?/m1/s1. The number of methoxy groups -OCH3 is 1. The Labute approximate surface area is 137 Å². The third kappa shape index (κ3) is 1.30. The number of Topliss-reactive ketones (excluding diaryl/α,β-unsaturated/α-hetero) is 2. The van der Waals surface area contributed by atoms with Crippen LogP contribution >= 0.6 is 15.9 Å². The Morgan fingerprint density at radius 1 is 1.41 bits per heavy atom. The van der Waals surface area contributed by atoms with Gasteiger partial charge in [0.15, 0.2) is 5.72 Å². The summed E-state index contributed by atoms with van der Waals surface area (Å²) in [7, 11) is 3.71. The lowest BCUT2D eigenvalue weighted by atomic mass is 9.83. The van der Waals surface area contributed by atoms with Crippen molar-refractivity contribution in [2.75, 3.05) is 26.0 Å². The highest BCUT2D eigenvalue weighted by Crippen LogP contribution is 2.59. The molecule has 0 aromatic heterocycles. The van der Waals surface area contributed by atoms with E-state index in [0.29, 0.717) is 34.8 Å². The van der Waals surface area contributed by atoms with Crippen LogP contribution in [0.25, 0.3) is 0 Å². The van der Waals surface area contributed by atoms with Crippen LogP contribution in [-0.4, -0.2) is 65.2 Å². The van der Waals surface area contributed by atoms with Gasteiger partial charge in [-0.2, -0.15) is 0 Å². The summed E-state index contributed by atoms with van der Waals surface area (Å²) in [6.07, 6.45) is 0. The van der Waals surface area contributed by atoms with E-state index in [0.717, 1.165) is 0 Å². The van der Waals surface area contributed by atoms with Crippen LogP contribution < -0.4 is 5.73 Å². The number of carbonyl (C=O) groups excluding carboxylic acids is 2. The molecule has 0 aromatic carbocycles. The first kappa shape index (κ1) is 14.4. The number of allylic oxidation sites excluding steroid dienone is 2. The fraction of sp³-hybridized carbons (Fsp3) is 0.600. The first-order valence-corrected chi connectivity index (χ1v) is 8.44. The lowest BCUT2D eigenvalue weighted by Crippen LogP contribution is -2.54. The van der Waals surface area contributed by atoms with Crippen molar-refractivity contribution in [3.63, 3.8) is 0 Å². The maximum atomic E-state index is 12.8. The summed E-state index contributed by atoms with van der Waals surface area (Å²) in [5.41, 5.74) is 6.67. The fourth-order valence-corrected chi connectivity index (χ4v) is 5.34. The summed E-state index contributed by atoms with van der Waals surface area (Å²) in [5, 5.41) is 0.554. The molecule has 2 saturated heterocycles. The van der Waals surface area contributed by atoms with Crippen molar-refractivity contribution in [1.82, 2.24) is 9.80 Å². The van der Waals surface area contributed by atoms with Crippen molar-refractivity contribution in [2.24, 2.45) is 11.7 Å². The fourth-order valence-electron chi connectivity index (χ4n) is 4.55. The van der Waals surface area contributed by atoms with Gasteiger partial charge < -0.3 is 15.4 Å². The Balaban J connectivity index is 1.90. The zero-order valence-corrected chi connectivity index (χ0v) is 14.3. The molecule has 0 bridgehead atoms. The molecule has 0 amide bonds. The van der Waals surface area contributed by atoms with Gasteiger partial charge in [0.2, 0.25) is 11.6 Å². The molecule has 3 aliphatic heterocycles. The normalized spacial score (nSPS) is 42.8. The van der Waals surface area contributed by atoms with Crippen molar-refractivity contribution < 1.29 is 14.3 Å². The zero-order valence-electron chi connectivity index (χ0n) is 12.7. The number of likely N-dealkylation sites (N-methyl/N-ethyl adjacent to an activating group) is 1. The molecule has 4 rings (SSSR count). The van der Waals surface area contributed by atoms with E-state index in [4.69, 9.17) is 10.5 Å². The molecule has 0 spiro atoms. The maximum Gasteiger partial charge on any atom is 0.207 e. The monoisotopic (exact) mass is 367 g/mol. The Bertz CT molecular complexity index is 660. The molecule has 1 unspecified atom stereocenters. The molecule has 5 atom stereocenters. The summed E-state index contributed by atoms with van der Waals surface area (Å²) >= 11 is 3.52. The van der Waals surface area contributed by atoms with E-state index in [9.17, 15) is 9.59 Å². The van der Waals surface area contributed by atoms with Gasteiger partial charge in [0.1, 0.15) is 0 Å². The number of carbonyl (C=O) groups is 2. The molecule has 118 valence electrons. The first-order valence-electron chi connectivity index (χ1n) is 7.32. The lowest BCUT2D eigenvalue weighted by molar-refractivity contribution is -0.134. The number of fused-ring (bicyclic) bond motifs is 4. The molecule has 0 radical (unpaired) electrons. The number of nitrogens with two attached hydrogens (primary N) is 1. The largest absolute Gasteiger partial charge is 0.395 e. The predicted octanol–water partition coefficient (Wildman–Crippen LogP) is -0.00940. The third-order valence-electron chi connectivity index (χ3n) is 5.75. The van der Waals surface area contributed by atoms with Crippen LogP contribution in [-0.2, 0) is 14.3 Å². The van der Waals surface area contributed by atoms with Crippen molar-refractivity contribution in [3.8, 4) is 0 Å². The molecule has 22 heavy (non-hydrogen) atoms.